The molecule has 0 N–H and O–H groups in total. The molecular formula is C15H24BrN3. The number of rotatable bonds is 4. The lowest BCUT2D eigenvalue weighted by molar-refractivity contribution is 0.538. The number of hydrogen-bond donors (Lipinski definition) is 0. The minimum atomic E-state index is -0.0222. The smallest absolute Gasteiger partial charge is 0.137 e. The first-order valence-corrected chi connectivity index (χ1v) is 7.88. The maximum Gasteiger partial charge on any atom is 0.137 e. The van der Waals surface area contributed by atoms with Crippen molar-refractivity contribution in [1.29, 1.82) is 0 Å². The fraction of sp³-hybridized carbons (Fsp3) is 0.733. The van der Waals surface area contributed by atoms with Crippen LogP contribution in [0.4, 0.5) is 5.82 Å². The van der Waals surface area contributed by atoms with Gasteiger partial charge in [-0.1, -0.05) is 34.6 Å². The monoisotopic (exact) mass is 325 g/mol. The van der Waals surface area contributed by atoms with Crippen LogP contribution in [0, 0.1) is 5.92 Å². The molecule has 0 bridgehead atoms. The zero-order valence-corrected chi connectivity index (χ0v) is 14.2. The van der Waals surface area contributed by atoms with Crippen LogP contribution in [0.1, 0.15) is 53.3 Å². The van der Waals surface area contributed by atoms with Gasteiger partial charge in [0, 0.05) is 24.1 Å². The van der Waals surface area contributed by atoms with Crippen LogP contribution in [0.15, 0.2) is 10.7 Å². The third-order valence-corrected chi connectivity index (χ3v) is 3.60. The Morgan fingerprint density at radius 2 is 1.95 bits per heavy atom. The van der Waals surface area contributed by atoms with Gasteiger partial charge in [0.15, 0.2) is 0 Å². The van der Waals surface area contributed by atoms with E-state index in [2.05, 4.69) is 66.5 Å². The van der Waals surface area contributed by atoms with Crippen molar-refractivity contribution in [1.82, 2.24) is 9.97 Å². The summed E-state index contributed by atoms with van der Waals surface area (Å²) in [4.78, 5) is 11.8. The van der Waals surface area contributed by atoms with Crippen LogP contribution in [-0.2, 0) is 5.41 Å². The molecule has 1 saturated carbocycles. The second-order valence-electron chi connectivity index (χ2n) is 6.90. The third kappa shape index (κ3) is 3.91. The largest absolute Gasteiger partial charge is 0.353 e. The van der Waals surface area contributed by atoms with E-state index in [4.69, 9.17) is 4.98 Å². The fourth-order valence-electron chi connectivity index (χ4n) is 2.10. The highest BCUT2D eigenvalue weighted by Gasteiger charge is 2.31. The van der Waals surface area contributed by atoms with E-state index in [1.165, 1.54) is 12.8 Å². The van der Waals surface area contributed by atoms with Crippen molar-refractivity contribution in [3.8, 4) is 0 Å². The normalized spacial score (nSPS) is 15.9. The summed E-state index contributed by atoms with van der Waals surface area (Å²) in [6, 6.07) is 2.73. The van der Waals surface area contributed by atoms with Crippen LogP contribution in [0.25, 0.3) is 0 Å². The highest BCUT2D eigenvalue weighted by Crippen LogP contribution is 2.33. The van der Waals surface area contributed by atoms with Gasteiger partial charge in [-0.3, -0.25) is 0 Å². The second kappa shape index (κ2) is 5.39. The summed E-state index contributed by atoms with van der Waals surface area (Å²) < 4.78 is 0.886. The Labute approximate surface area is 125 Å². The molecule has 0 amide bonds. The summed E-state index contributed by atoms with van der Waals surface area (Å²) in [7, 11) is 0. The second-order valence-corrected chi connectivity index (χ2v) is 7.71. The van der Waals surface area contributed by atoms with Gasteiger partial charge in [-0.05, 0) is 34.7 Å². The predicted molar refractivity (Wildman–Crippen MR) is 83.6 cm³/mol. The molecule has 1 aliphatic carbocycles. The van der Waals surface area contributed by atoms with E-state index in [1.54, 1.807) is 0 Å². The van der Waals surface area contributed by atoms with E-state index in [0.717, 1.165) is 22.8 Å². The number of aromatic nitrogens is 2. The van der Waals surface area contributed by atoms with E-state index in [0.29, 0.717) is 12.0 Å². The first-order valence-electron chi connectivity index (χ1n) is 7.09. The number of nitrogens with zero attached hydrogens (tertiary/aromatic N) is 3. The Morgan fingerprint density at radius 1 is 1.32 bits per heavy atom. The van der Waals surface area contributed by atoms with Crippen molar-refractivity contribution >= 4 is 21.7 Å². The molecule has 2 rings (SSSR count). The molecule has 0 atom stereocenters. The van der Waals surface area contributed by atoms with Crippen LogP contribution < -0.4 is 4.90 Å². The highest BCUT2D eigenvalue weighted by atomic mass is 79.9. The Balaban J connectivity index is 2.34. The number of anilines is 1. The summed E-state index contributed by atoms with van der Waals surface area (Å²) in [6.45, 7) is 12.1. The van der Waals surface area contributed by atoms with Crippen molar-refractivity contribution in [2.45, 2.75) is 58.9 Å². The fourth-order valence-corrected chi connectivity index (χ4v) is 2.47. The first kappa shape index (κ1) is 14.8. The standard InChI is InChI=1S/C15H24BrN3/c1-10(2)9-19(11-6-7-11)13-8-12(16)17-14(18-13)15(3,4)5/h8,10-11H,6-7,9H2,1-5H3. The topological polar surface area (TPSA) is 29.0 Å². The van der Waals surface area contributed by atoms with E-state index >= 15 is 0 Å². The van der Waals surface area contributed by atoms with Gasteiger partial charge in [0.25, 0.3) is 0 Å². The van der Waals surface area contributed by atoms with Crippen LogP contribution in [-0.4, -0.2) is 22.6 Å². The SMILES string of the molecule is CC(C)CN(c1cc(Br)nc(C(C)(C)C)n1)C1CC1. The molecule has 106 valence electrons. The van der Waals surface area contributed by atoms with Gasteiger partial charge >= 0.3 is 0 Å². The van der Waals surface area contributed by atoms with E-state index in [9.17, 15) is 0 Å². The summed E-state index contributed by atoms with van der Waals surface area (Å²) in [5.41, 5.74) is -0.0222. The summed E-state index contributed by atoms with van der Waals surface area (Å²) >= 11 is 3.53. The van der Waals surface area contributed by atoms with Gasteiger partial charge < -0.3 is 4.90 Å². The zero-order valence-electron chi connectivity index (χ0n) is 12.6. The lowest BCUT2D eigenvalue weighted by atomic mass is 9.96. The number of hydrogen-bond acceptors (Lipinski definition) is 3. The van der Waals surface area contributed by atoms with E-state index in [-0.39, 0.29) is 5.41 Å². The third-order valence-electron chi connectivity index (χ3n) is 3.20. The van der Waals surface area contributed by atoms with E-state index < -0.39 is 0 Å². The Kier molecular flexibility index (Phi) is 4.19. The van der Waals surface area contributed by atoms with E-state index in [1.807, 2.05) is 0 Å². The maximum atomic E-state index is 4.80. The molecule has 1 fully saturated rings. The molecule has 0 radical (unpaired) electrons. The lowest BCUT2D eigenvalue weighted by Crippen LogP contribution is -2.31. The summed E-state index contributed by atoms with van der Waals surface area (Å²) in [5, 5.41) is 0. The minimum Gasteiger partial charge on any atom is -0.353 e. The summed E-state index contributed by atoms with van der Waals surface area (Å²) in [6.07, 6.45) is 2.58. The molecule has 0 spiro atoms. The Morgan fingerprint density at radius 3 is 2.42 bits per heavy atom. The molecule has 1 heterocycles. The van der Waals surface area contributed by atoms with Crippen LogP contribution in [0.3, 0.4) is 0 Å². The van der Waals surface area contributed by atoms with Crippen molar-refractivity contribution < 1.29 is 0 Å². The molecule has 0 unspecified atom stereocenters. The maximum absolute atomic E-state index is 4.80. The van der Waals surface area contributed by atoms with Gasteiger partial charge in [-0.2, -0.15) is 0 Å². The summed E-state index contributed by atoms with van der Waals surface area (Å²) in [5.74, 6) is 2.63. The molecule has 0 saturated heterocycles. The predicted octanol–water partition coefficient (Wildman–Crippen LogP) is 4.16. The molecule has 0 aliphatic heterocycles. The van der Waals surface area contributed by atoms with Gasteiger partial charge in [-0.15, -0.1) is 0 Å². The van der Waals surface area contributed by atoms with Gasteiger partial charge in [0.2, 0.25) is 0 Å². The number of halogens is 1. The first-order chi connectivity index (χ1) is 8.77. The van der Waals surface area contributed by atoms with Gasteiger partial charge in [-0.25, -0.2) is 9.97 Å². The molecular weight excluding hydrogens is 302 g/mol. The molecule has 1 aromatic rings. The average molecular weight is 326 g/mol. The average Bonchev–Trinajstić information content (AvgIpc) is 3.07. The molecule has 1 aliphatic rings. The molecule has 4 heteroatoms. The molecule has 19 heavy (non-hydrogen) atoms. The molecule has 3 nitrogen and oxygen atoms in total. The van der Waals surface area contributed by atoms with Crippen LogP contribution >= 0.6 is 15.9 Å². The van der Waals surface area contributed by atoms with Crippen molar-refractivity contribution in [2.75, 3.05) is 11.4 Å². The van der Waals surface area contributed by atoms with Crippen LogP contribution in [0.5, 0.6) is 0 Å². The minimum absolute atomic E-state index is 0.0222. The molecule has 1 aromatic heterocycles. The lowest BCUT2D eigenvalue weighted by Gasteiger charge is -2.27. The van der Waals surface area contributed by atoms with Crippen LogP contribution in [0.2, 0.25) is 0 Å². The Hall–Kier alpha value is -0.640. The van der Waals surface area contributed by atoms with Crippen molar-refractivity contribution in [3.05, 3.63) is 16.5 Å². The highest BCUT2D eigenvalue weighted by molar-refractivity contribution is 9.10. The Bertz CT molecular complexity index is 447. The quantitative estimate of drug-likeness (QED) is 0.778. The molecule has 0 aromatic carbocycles. The van der Waals surface area contributed by atoms with Gasteiger partial charge in [0.05, 0.1) is 0 Å². The van der Waals surface area contributed by atoms with Crippen molar-refractivity contribution in [2.24, 2.45) is 5.92 Å². The van der Waals surface area contributed by atoms with Crippen molar-refractivity contribution in [3.63, 3.8) is 0 Å². The zero-order chi connectivity index (χ0) is 14.2. The van der Waals surface area contributed by atoms with Gasteiger partial charge in [0.1, 0.15) is 16.2 Å².